The lowest BCUT2D eigenvalue weighted by Gasteiger charge is -2.19. The van der Waals surface area contributed by atoms with Crippen molar-refractivity contribution >= 4 is 0 Å². The molecule has 4 atom stereocenters. The number of rotatable bonds is 10. The van der Waals surface area contributed by atoms with E-state index in [9.17, 15) is 0 Å². The van der Waals surface area contributed by atoms with E-state index in [-0.39, 0.29) is 24.0 Å². The average Bonchev–Trinajstić information content (AvgIpc) is 3.46. The number of ether oxygens (including phenoxy) is 6. The molecule has 36 heavy (non-hydrogen) atoms. The Hall–Kier alpha value is -2.96. The van der Waals surface area contributed by atoms with E-state index in [1.54, 1.807) is 14.2 Å². The van der Waals surface area contributed by atoms with Gasteiger partial charge in [0.15, 0.2) is 23.0 Å². The quantitative estimate of drug-likeness (QED) is 0.353. The Bertz CT molecular complexity index is 1010. The molecular weight excluding hydrogens is 456 g/mol. The van der Waals surface area contributed by atoms with Gasteiger partial charge in [-0.15, -0.1) is 0 Å². The number of hydrogen-bond acceptors (Lipinski definition) is 6. The molecule has 2 aliphatic rings. The summed E-state index contributed by atoms with van der Waals surface area (Å²) >= 11 is 0. The molecule has 4 rings (SSSR count). The van der Waals surface area contributed by atoms with Crippen LogP contribution in [0.2, 0.25) is 0 Å². The Morgan fingerprint density at radius 3 is 1.47 bits per heavy atom. The van der Waals surface area contributed by atoms with E-state index < -0.39 is 0 Å². The van der Waals surface area contributed by atoms with Crippen LogP contribution in [0.4, 0.5) is 0 Å². The van der Waals surface area contributed by atoms with Crippen molar-refractivity contribution < 1.29 is 28.4 Å². The van der Waals surface area contributed by atoms with Gasteiger partial charge >= 0.3 is 0 Å². The zero-order valence-corrected chi connectivity index (χ0v) is 22.2. The number of fused-ring (bicyclic) bond motifs is 1. The molecule has 2 heterocycles. The highest BCUT2D eigenvalue weighted by atomic mass is 16.5. The molecule has 0 aliphatic carbocycles. The molecular formula is C30H38O6. The minimum Gasteiger partial charge on any atom is -0.493 e. The molecule has 0 amide bonds. The van der Waals surface area contributed by atoms with Gasteiger partial charge in [-0.1, -0.05) is 23.3 Å². The second-order valence-corrected chi connectivity index (χ2v) is 9.84. The molecule has 0 bridgehead atoms. The molecule has 0 N–H and O–H groups in total. The summed E-state index contributed by atoms with van der Waals surface area (Å²) in [4.78, 5) is 0. The summed E-state index contributed by atoms with van der Waals surface area (Å²) in [7, 11) is 3.33. The highest BCUT2D eigenvalue weighted by molar-refractivity contribution is 5.45. The third kappa shape index (κ3) is 5.88. The van der Waals surface area contributed by atoms with Crippen molar-refractivity contribution in [1.29, 1.82) is 0 Å². The van der Waals surface area contributed by atoms with Crippen LogP contribution in [0.5, 0.6) is 23.0 Å². The zero-order chi connectivity index (χ0) is 25.7. The summed E-state index contributed by atoms with van der Waals surface area (Å²) < 4.78 is 35.7. The molecule has 0 spiro atoms. The number of allylic oxidation sites excluding steroid dienone is 2. The Morgan fingerprint density at radius 2 is 1.11 bits per heavy atom. The summed E-state index contributed by atoms with van der Waals surface area (Å²) in [6.07, 6.45) is 4.00. The molecule has 2 aromatic carbocycles. The Kier molecular flexibility index (Phi) is 8.60. The highest BCUT2D eigenvalue weighted by Gasteiger charge is 2.48. The van der Waals surface area contributed by atoms with Crippen molar-refractivity contribution in [2.24, 2.45) is 11.8 Å². The first-order valence-electron chi connectivity index (χ1n) is 12.5. The van der Waals surface area contributed by atoms with Crippen LogP contribution in [-0.2, 0) is 9.47 Å². The number of hydrogen-bond donors (Lipinski definition) is 0. The van der Waals surface area contributed by atoms with Gasteiger partial charge in [-0.25, -0.2) is 0 Å². The van der Waals surface area contributed by atoms with Gasteiger partial charge in [0.05, 0.1) is 39.6 Å². The largest absolute Gasteiger partial charge is 0.493 e. The fraction of sp³-hybridized carbons (Fsp3) is 0.467. The Balaban J connectivity index is 1.47. The Morgan fingerprint density at radius 1 is 0.694 bits per heavy atom. The van der Waals surface area contributed by atoms with E-state index in [1.807, 2.05) is 36.4 Å². The molecule has 2 saturated heterocycles. The second kappa shape index (κ2) is 11.8. The van der Waals surface area contributed by atoms with Gasteiger partial charge in [0.2, 0.25) is 0 Å². The lowest BCUT2D eigenvalue weighted by Crippen LogP contribution is -2.14. The molecule has 2 aliphatic heterocycles. The summed E-state index contributed by atoms with van der Waals surface area (Å²) in [6, 6.07) is 12.1. The second-order valence-electron chi connectivity index (χ2n) is 9.84. The van der Waals surface area contributed by atoms with E-state index >= 15 is 0 Å². The fourth-order valence-electron chi connectivity index (χ4n) is 4.79. The van der Waals surface area contributed by atoms with Gasteiger partial charge in [0.25, 0.3) is 0 Å². The van der Waals surface area contributed by atoms with Crippen LogP contribution in [-0.4, -0.2) is 40.6 Å². The third-order valence-electron chi connectivity index (χ3n) is 6.76. The van der Waals surface area contributed by atoms with Crippen molar-refractivity contribution in [1.82, 2.24) is 0 Å². The molecule has 194 valence electrons. The normalized spacial score (nSPS) is 22.5. The Labute approximate surface area is 214 Å². The van der Waals surface area contributed by atoms with Crippen LogP contribution in [0.25, 0.3) is 0 Å². The molecule has 0 saturated carbocycles. The van der Waals surface area contributed by atoms with E-state index in [2.05, 4.69) is 39.8 Å². The summed E-state index contributed by atoms with van der Waals surface area (Å²) in [5.41, 5.74) is 4.60. The monoisotopic (exact) mass is 494 g/mol. The van der Waals surface area contributed by atoms with Gasteiger partial charge in [-0.2, -0.15) is 0 Å². The first-order valence-corrected chi connectivity index (χ1v) is 12.5. The van der Waals surface area contributed by atoms with E-state index in [0.29, 0.717) is 37.9 Å². The topological polar surface area (TPSA) is 55.4 Å². The SMILES string of the molecule is COc1cc([C@H]2OCC3C2CO[C@@H]3c2ccc(OCC=C(C)C)c(OC)c2)ccc1OCC=C(C)C. The van der Waals surface area contributed by atoms with Gasteiger partial charge in [0.1, 0.15) is 13.2 Å². The van der Waals surface area contributed by atoms with Crippen LogP contribution in [0, 0.1) is 11.8 Å². The van der Waals surface area contributed by atoms with E-state index in [4.69, 9.17) is 28.4 Å². The van der Waals surface area contributed by atoms with Crippen molar-refractivity contribution in [3.8, 4) is 23.0 Å². The minimum atomic E-state index is -0.0469. The van der Waals surface area contributed by atoms with Crippen molar-refractivity contribution in [2.45, 2.75) is 39.9 Å². The van der Waals surface area contributed by atoms with Crippen molar-refractivity contribution in [3.05, 3.63) is 70.8 Å². The number of methoxy groups -OCH3 is 2. The average molecular weight is 495 g/mol. The van der Waals surface area contributed by atoms with Crippen LogP contribution in [0.3, 0.4) is 0 Å². The van der Waals surface area contributed by atoms with Gasteiger partial charge in [0, 0.05) is 11.8 Å². The molecule has 0 radical (unpaired) electrons. The van der Waals surface area contributed by atoms with Gasteiger partial charge in [-0.05, 0) is 75.2 Å². The van der Waals surface area contributed by atoms with Gasteiger partial charge in [-0.3, -0.25) is 0 Å². The van der Waals surface area contributed by atoms with Crippen LogP contribution in [0.1, 0.15) is 51.0 Å². The molecule has 2 unspecified atom stereocenters. The van der Waals surface area contributed by atoms with E-state index in [1.165, 1.54) is 11.1 Å². The summed E-state index contributed by atoms with van der Waals surface area (Å²) in [6.45, 7) is 10.5. The van der Waals surface area contributed by atoms with E-state index in [0.717, 1.165) is 22.6 Å². The lowest BCUT2D eigenvalue weighted by atomic mass is 9.85. The van der Waals surface area contributed by atoms with Crippen molar-refractivity contribution in [3.63, 3.8) is 0 Å². The molecule has 6 nitrogen and oxygen atoms in total. The smallest absolute Gasteiger partial charge is 0.161 e. The first kappa shape index (κ1) is 26.1. The standard InChI is InChI=1S/C30H38O6/c1-19(2)11-13-33-25-9-7-21(15-27(25)31-5)29-23-17-36-30(24(23)18-35-29)22-8-10-26(28(16-22)32-6)34-14-12-20(3)4/h7-12,15-16,23-24,29-30H,13-14,17-18H2,1-6H3/t23?,24?,29-,30-/m1/s1. The van der Waals surface area contributed by atoms with Crippen LogP contribution >= 0.6 is 0 Å². The van der Waals surface area contributed by atoms with Gasteiger partial charge < -0.3 is 28.4 Å². The summed E-state index contributed by atoms with van der Waals surface area (Å²) in [5, 5.41) is 0. The zero-order valence-electron chi connectivity index (χ0n) is 22.2. The molecule has 6 heteroatoms. The first-order chi connectivity index (χ1) is 17.4. The predicted octanol–water partition coefficient (Wildman–Crippen LogP) is 6.47. The lowest BCUT2D eigenvalue weighted by molar-refractivity contribution is 0.0191. The molecule has 0 aromatic heterocycles. The maximum absolute atomic E-state index is 6.32. The maximum Gasteiger partial charge on any atom is 0.161 e. The molecule has 2 fully saturated rings. The van der Waals surface area contributed by atoms with Crippen LogP contribution in [0.15, 0.2) is 59.7 Å². The molecule has 2 aromatic rings. The summed E-state index contributed by atoms with van der Waals surface area (Å²) in [5.74, 6) is 3.41. The fourth-order valence-corrected chi connectivity index (χ4v) is 4.79. The van der Waals surface area contributed by atoms with Crippen molar-refractivity contribution in [2.75, 3.05) is 40.6 Å². The minimum absolute atomic E-state index is 0.0469. The predicted molar refractivity (Wildman–Crippen MR) is 140 cm³/mol. The highest BCUT2D eigenvalue weighted by Crippen LogP contribution is 2.51. The number of benzene rings is 2. The third-order valence-corrected chi connectivity index (χ3v) is 6.76. The van der Waals surface area contributed by atoms with Crippen LogP contribution < -0.4 is 18.9 Å². The maximum atomic E-state index is 6.32.